The van der Waals surface area contributed by atoms with E-state index in [1.54, 1.807) is 0 Å². The zero-order chi connectivity index (χ0) is 12.0. The third-order valence-electron chi connectivity index (χ3n) is 1.72. The maximum absolute atomic E-state index is 13.2. The number of methoxy groups -OCH3 is 1. The number of rotatable bonds is 6. The molecule has 0 bridgehead atoms. The van der Waals surface area contributed by atoms with E-state index in [1.165, 1.54) is 13.2 Å². The Hall–Kier alpha value is -1.33. The van der Waals surface area contributed by atoms with E-state index in [2.05, 4.69) is 4.74 Å². The number of halogens is 2. The Morgan fingerprint density at radius 1 is 1.44 bits per heavy atom. The van der Waals surface area contributed by atoms with E-state index >= 15 is 0 Å². The van der Waals surface area contributed by atoms with Crippen LogP contribution in [0.3, 0.4) is 0 Å². The molecule has 0 unspecified atom stereocenters. The van der Waals surface area contributed by atoms with Gasteiger partial charge in [0.05, 0.1) is 6.61 Å². The fourth-order valence-corrected chi connectivity index (χ4v) is 1.27. The van der Waals surface area contributed by atoms with Crippen molar-refractivity contribution in [3.8, 4) is 11.5 Å². The molecule has 1 aromatic carbocycles. The van der Waals surface area contributed by atoms with Crippen LogP contribution in [-0.4, -0.2) is 26.8 Å². The molecule has 0 radical (unpaired) electrons. The number of hydrogen-bond acceptors (Lipinski definition) is 4. The zero-order valence-corrected chi connectivity index (χ0v) is 9.29. The van der Waals surface area contributed by atoms with Gasteiger partial charge in [-0.2, -0.15) is 0 Å². The molecule has 0 saturated carbocycles. The summed E-state index contributed by atoms with van der Waals surface area (Å²) >= 11 is 5.78. The molecule has 1 rings (SSSR count). The van der Waals surface area contributed by atoms with Gasteiger partial charge in [0.25, 0.3) is 6.47 Å². The Labute approximate surface area is 96.9 Å². The summed E-state index contributed by atoms with van der Waals surface area (Å²) < 4.78 is 27.5. The molecule has 0 aliphatic carbocycles. The highest BCUT2D eigenvalue weighted by atomic mass is 35.5. The summed E-state index contributed by atoms with van der Waals surface area (Å²) in [6, 6.07) is 2.46. The lowest BCUT2D eigenvalue weighted by molar-refractivity contribution is -0.120. The molecule has 0 saturated heterocycles. The quantitative estimate of drug-likeness (QED) is 0.571. The third kappa shape index (κ3) is 3.08. The van der Waals surface area contributed by atoms with Gasteiger partial charge in [0.2, 0.25) is 0 Å². The van der Waals surface area contributed by atoms with Crippen LogP contribution in [0.25, 0.3) is 0 Å². The van der Waals surface area contributed by atoms with E-state index in [0.717, 1.165) is 6.07 Å². The second kappa shape index (κ2) is 6.30. The van der Waals surface area contributed by atoms with Gasteiger partial charge in [-0.15, -0.1) is 0 Å². The summed E-state index contributed by atoms with van der Waals surface area (Å²) in [7, 11) is 1.52. The Balaban J connectivity index is 2.85. The minimum Gasteiger partial charge on any atom is -0.489 e. The maximum Gasteiger partial charge on any atom is 0.298 e. The van der Waals surface area contributed by atoms with Crippen LogP contribution in [0, 0.1) is 5.82 Å². The molecular weight excluding hydrogens is 239 g/mol. The van der Waals surface area contributed by atoms with E-state index in [4.69, 9.17) is 21.1 Å². The molecule has 0 aliphatic heterocycles. The average molecular weight is 249 g/mol. The summed E-state index contributed by atoms with van der Waals surface area (Å²) in [5, 5.41) is -0.0804. The van der Waals surface area contributed by atoms with Crippen LogP contribution in [0.5, 0.6) is 11.5 Å². The van der Waals surface area contributed by atoms with E-state index in [9.17, 15) is 9.18 Å². The van der Waals surface area contributed by atoms with Crippen LogP contribution < -0.4 is 9.47 Å². The molecule has 0 spiro atoms. The maximum atomic E-state index is 13.2. The number of carbonyl (C=O) groups excluding carboxylic acids is 1. The summed E-state index contributed by atoms with van der Waals surface area (Å²) in [5.41, 5.74) is 0. The second-order valence-electron chi connectivity index (χ2n) is 2.74. The van der Waals surface area contributed by atoms with E-state index in [-0.39, 0.29) is 29.6 Å². The number of ether oxygens (including phenoxy) is 3. The van der Waals surface area contributed by atoms with E-state index in [0.29, 0.717) is 6.61 Å². The molecule has 88 valence electrons. The van der Waals surface area contributed by atoms with Gasteiger partial charge < -0.3 is 14.2 Å². The Morgan fingerprint density at radius 2 is 2.19 bits per heavy atom. The zero-order valence-electron chi connectivity index (χ0n) is 8.54. The first-order chi connectivity index (χ1) is 7.70. The highest BCUT2D eigenvalue weighted by Crippen LogP contribution is 2.35. The molecule has 0 aliphatic rings. The normalized spacial score (nSPS) is 9.94. The van der Waals surface area contributed by atoms with Crippen LogP contribution >= 0.6 is 11.6 Å². The van der Waals surface area contributed by atoms with Gasteiger partial charge in [-0.25, -0.2) is 4.39 Å². The first-order valence-corrected chi connectivity index (χ1v) is 4.78. The summed E-state index contributed by atoms with van der Waals surface area (Å²) in [6.45, 7) is 0.739. The van der Waals surface area contributed by atoms with Crippen molar-refractivity contribution in [2.45, 2.75) is 0 Å². The minimum absolute atomic E-state index is 0.0804. The number of hydrogen-bond donors (Lipinski definition) is 0. The Bertz CT molecular complexity index is 370. The van der Waals surface area contributed by atoms with Gasteiger partial charge in [0.15, 0.2) is 11.6 Å². The minimum atomic E-state index is -0.726. The summed E-state index contributed by atoms with van der Waals surface area (Å²) in [4.78, 5) is 10.1. The Morgan fingerprint density at radius 3 is 2.81 bits per heavy atom. The number of benzene rings is 1. The van der Waals surface area contributed by atoms with Crippen LogP contribution in [0.4, 0.5) is 4.39 Å². The fourth-order valence-electron chi connectivity index (χ4n) is 1.02. The summed E-state index contributed by atoms with van der Waals surface area (Å²) in [5.74, 6) is -0.834. The van der Waals surface area contributed by atoms with Gasteiger partial charge >= 0.3 is 0 Å². The van der Waals surface area contributed by atoms with Gasteiger partial charge in [0, 0.05) is 7.11 Å². The predicted octanol–water partition coefficient (Wildman–Crippen LogP) is 2.04. The fraction of sp³-hybridized carbons (Fsp3) is 0.300. The van der Waals surface area contributed by atoms with Crippen LogP contribution in [0.2, 0.25) is 5.02 Å². The second-order valence-corrected chi connectivity index (χ2v) is 3.12. The van der Waals surface area contributed by atoms with Crippen molar-refractivity contribution in [2.24, 2.45) is 0 Å². The molecule has 6 heteroatoms. The van der Waals surface area contributed by atoms with Crippen molar-refractivity contribution in [1.29, 1.82) is 0 Å². The molecule has 0 aromatic heterocycles. The van der Waals surface area contributed by atoms with Crippen molar-refractivity contribution >= 4 is 18.1 Å². The molecule has 0 heterocycles. The van der Waals surface area contributed by atoms with Crippen molar-refractivity contribution < 1.29 is 23.4 Å². The third-order valence-corrected chi connectivity index (χ3v) is 2.08. The van der Waals surface area contributed by atoms with Crippen molar-refractivity contribution in [1.82, 2.24) is 0 Å². The van der Waals surface area contributed by atoms with Gasteiger partial charge in [0.1, 0.15) is 17.4 Å². The molecule has 0 N–H and O–H groups in total. The first kappa shape index (κ1) is 12.7. The van der Waals surface area contributed by atoms with Crippen LogP contribution in [0.15, 0.2) is 12.1 Å². The largest absolute Gasteiger partial charge is 0.489 e. The lowest BCUT2D eigenvalue weighted by Crippen LogP contribution is -2.05. The summed E-state index contributed by atoms with van der Waals surface area (Å²) in [6.07, 6.45) is 0. The van der Waals surface area contributed by atoms with Crippen molar-refractivity contribution in [3.63, 3.8) is 0 Å². The highest BCUT2D eigenvalue weighted by Gasteiger charge is 2.14. The van der Waals surface area contributed by atoms with E-state index in [1.807, 2.05) is 0 Å². The molecule has 0 fully saturated rings. The first-order valence-electron chi connectivity index (χ1n) is 4.40. The topological polar surface area (TPSA) is 44.8 Å². The lowest BCUT2D eigenvalue weighted by Gasteiger charge is -2.10. The standard InChI is InChI=1S/C10H10ClFO4/c1-14-4-5-15-8-3-2-7(12)10(9(8)11)16-6-13/h2-3,6H,4-5H2,1H3. The Kier molecular flexibility index (Phi) is 5.01. The monoisotopic (exact) mass is 248 g/mol. The lowest BCUT2D eigenvalue weighted by atomic mass is 10.3. The van der Waals surface area contributed by atoms with Crippen LogP contribution in [0.1, 0.15) is 0 Å². The molecule has 1 aromatic rings. The number of carbonyl (C=O) groups is 1. The average Bonchev–Trinajstić information content (AvgIpc) is 2.28. The van der Waals surface area contributed by atoms with Gasteiger partial charge in [-0.05, 0) is 12.1 Å². The van der Waals surface area contributed by atoms with Gasteiger partial charge in [-0.3, -0.25) is 4.79 Å². The van der Waals surface area contributed by atoms with Gasteiger partial charge in [-0.1, -0.05) is 11.6 Å². The molecule has 16 heavy (non-hydrogen) atoms. The predicted molar refractivity (Wildman–Crippen MR) is 55.5 cm³/mol. The van der Waals surface area contributed by atoms with Crippen LogP contribution in [-0.2, 0) is 9.53 Å². The van der Waals surface area contributed by atoms with E-state index < -0.39 is 5.82 Å². The van der Waals surface area contributed by atoms with Crippen molar-refractivity contribution in [2.75, 3.05) is 20.3 Å². The van der Waals surface area contributed by atoms with Crippen molar-refractivity contribution in [3.05, 3.63) is 23.0 Å². The smallest absolute Gasteiger partial charge is 0.298 e. The molecular formula is C10H10ClFO4. The molecule has 4 nitrogen and oxygen atoms in total. The highest BCUT2D eigenvalue weighted by molar-refractivity contribution is 6.33. The molecule has 0 amide bonds. The molecule has 0 atom stereocenters. The SMILES string of the molecule is COCCOc1ccc(F)c(OC=O)c1Cl.